The van der Waals surface area contributed by atoms with E-state index in [9.17, 15) is 9.18 Å². The molecular weight excluding hydrogens is 227 g/mol. The number of halogens is 2. The van der Waals surface area contributed by atoms with Gasteiger partial charge in [0, 0.05) is 7.05 Å². The molecular formula is C7H6BrFN2O. The van der Waals surface area contributed by atoms with Gasteiger partial charge in [-0.1, -0.05) is 0 Å². The third kappa shape index (κ3) is 1.79. The summed E-state index contributed by atoms with van der Waals surface area (Å²) >= 11 is 2.93. The van der Waals surface area contributed by atoms with Crippen LogP contribution in [0.4, 0.5) is 4.39 Å². The molecule has 0 aromatic carbocycles. The maximum atomic E-state index is 12.7. The lowest BCUT2D eigenvalue weighted by atomic mass is 10.3. The molecule has 0 aliphatic heterocycles. The lowest BCUT2D eigenvalue weighted by Crippen LogP contribution is -2.19. The maximum Gasteiger partial charge on any atom is 0.269 e. The molecule has 1 heterocycles. The first-order chi connectivity index (χ1) is 5.65. The van der Waals surface area contributed by atoms with Crippen LogP contribution in [0.3, 0.4) is 0 Å². The van der Waals surface area contributed by atoms with Crippen LogP contribution in [-0.4, -0.2) is 17.9 Å². The molecule has 1 aromatic heterocycles. The van der Waals surface area contributed by atoms with Gasteiger partial charge in [0.15, 0.2) is 0 Å². The third-order valence-electron chi connectivity index (χ3n) is 1.26. The van der Waals surface area contributed by atoms with Gasteiger partial charge in [-0.3, -0.25) is 4.79 Å². The molecule has 1 amide bonds. The van der Waals surface area contributed by atoms with Crippen molar-refractivity contribution in [3.8, 4) is 0 Å². The van der Waals surface area contributed by atoms with Crippen LogP contribution in [0.2, 0.25) is 0 Å². The Labute approximate surface area is 77.1 Å². The molecule has 5 heteroatoms. The van der Waals surface area contributed by atoms with Crippen LogP contribution in [0, 0.1) is 5.95 Å². The van der Waals surface area contributed by atoms with Crippen LogP contribution >= 0.6 is 15.9 Å². The van der Waals surface area contributed by atoms with Crippen molar-refractivity contribution in [1.29, 1.82) is 0 Å². The maximum absolute atomic E-state index is 12.7. The molecule has 1 aromatic rings. The van der Waals surface area contributed by atoms with Crippen molar-refractivity contribution < 1.29 is 9.18 Å². The largest absolute Gasteiger partial charge is 0.354 e. The van der Waals surface area contributed by atoms with E-state index in [1.54, 1.807) is 0 Å². The number of hydrogen-bond acceptors (Lipinski definition) is 2. The van der Waals surface area contributed by atoms with E-state index in [0.717, 1.165) is 0 Å². The second kappa shape index (κ2) is 3.62. The van der Waals surface area contributed by atoms with Gasteiger partial charge >= 0.3 is 0 Å². The Bertz CT molecular complexity index is 316. The highest BCUT2D eigenvalue weighted by Crippen LogP contribution is 2.12. The first-order valence-electron chi connectivity index (χ1n) is 3.19. The van der Waals surface area contributed by atoms with Crippen molar-refractivity contribution in [1.82, 2.24) is 10.3 Å². The van der Waals surface area contributed by atoms with Crippen molar-refractivity contribution in [2.24, 2.45) is 0 Å². The molecule has 1 rings (SSSR count). The van der Waals surface area contributed by atoms with E-state index in [1.807, 2.05) is 0 Å². The summed E-state index contributed by atoms with van der Waals surface area (Å²) in [7, 11) is 1.46. The van der Waals surface area contributed by atoms with Gasteiger partial charge in [0.05, 0.1) is 4.47 Å². The zero-order chi connectivity index (χ0) is 9.14. The number of carbonyl (C=O) groups is 1. The van der Waals surface area contributed by atoms with Crippen LogP contribution < -0.4 is 5.32 Å². The summed E-state index contributed by atoms with van der Waals surface area (Å²) in [5.74, 6) is -1.09. The first-order valence-corrected chi connectivity index (χ1v) is 3.98. The Morgan fingerprint density at radius 3 is 2.83 bits per heavy atom. The van der Waals surface area contributed by atoms with Gasteiger partial charge in [-0.2, -0.15) is 4.39 Å². The zero-order valence-corrected chi connectivity index (χ0v) is 7.85. The van der Waals surface area contributed by atoms with Crippen LogP contribution in [0.5, 0.6) is 0 Å². The highest BCUT2D eigenvalue weighted by molar-refractivity contribution is 9.10. The summed E-state index contributed by atoms with van der Waals surface area (Å²) in [6.45, 7) is 0. The standard InChI is InChI=1S/C7H6BrFN2O/c1-10-7(12)5-3-2-4(8)6(9)11-5/h2-3H,1H3,(H,10,12). The molecule has 0 saturated heterocycles. The quantitative estimate of drug-likeness (QED) is 0.743. The minimum absolute atomic E-state index is 0.0678. The number of amides is 1. The third-order valence-corrected chi connectivity index (χ3v) is 1.85. The fraction of sp³-hybridized carbons (Fsp3) is 0.143. The minimum atomic E-state index is -0.684. The highest BCUT2D eigenvalue weighted by atomic mass is 79.9. The molecule has 0 fully saturated rings. The van der Waals surface area contributed by atoms with E-state index in [4.69, 9.17) is 0 Å². The van der Waals surface area contributed by atoms with Crippen molar-refractivity contribution in [2.45, 2.75) is 0 Å². The molecule has 0 saturated carbocycles. The molecule has 1 N–H and O–H groups in total. The molecule has 0 radical (unpaired) electrons. The molecule has 0 unspecified atom stereocenters. The number of carbonyl (C=O) groups excluding carboxylic acids is 1. The SMILES string of the molecule is CNC(=O)c1ccc(Br)c(F)n1. The smallest absolute Gasteiger partial charge is 0.269 e. The minimum Gasteiger partial charge on any atom is -0.354 e. The molecule has 0 aliphatic carbocycles. The molecule has 3 nitrogen and oxygen atoms in total. The van der Waals surface area contributed by atoms with E-state index in [1.165, 1.54) is 19.2 Å². The Kier molecular flexibility index (Phi) is 2.75. The average molecular weight is 233 g/mol. The van der Waals surface area contributed by atoms with Gasteiger partial charge in [-0.15, -0.1) is 0 Å². The van der Waals surface area contributed by atoms with Crippen LogP contribution in [-0.2, 0) is 0 Å². The van der Waals surface area contributed by atoms with Crippen LogP contribution in [0.25, 0.3) is 0 Å². The Morgan fingerprint density at radius 2 is 2.33 bits per heavy atom. The summed E-state index contributed by atoms with van der Waals surface area (Å²) in [5, 5.41) is 2.34. The molecule has 0 spiro atoms. The number of pyridine rings is 1. The number of hydrogen-bond donors (Lipinski definition) is 1. The molecule has 0 atom stereocenters. The van der Waals surface area contributed by atoms with Gasteiger partial charge < -0.3 is 5.32 Å². The Hall–Kier alpha value is -0.970. The first kappa shape index (κ1) is 9.12. The Balaban J connectivity index is 3.05. The lowest BCUT2D eigenvalue weighted by Gasteiger charge is -1.98. The van der Waals surface area contributed by atoms with Crippen molar-refractivity contribution >= 4 is 21.8 Å². The summed E-state index contributed by atoms with van der Waals surface area (Å²) in [4.78, 5) is 14.3. The predicted molar refractivity (Wildman–Crippen MR) is 45.3 cm³/mol. The zero-order valence-electron chi connectivity index (χ0n) is 6.27. The molecule has 0 aliphatic rings. The summed E-state index contributed by atoms with van der Waals surface area (Å²) in [6.07, 6.45) is 0. The fourth-order valence-corrected chi connectivity index (χ4v) is 0.893. The lowest BCUT2D eigenvalue weighted by molar-refractivity contribution is 0.0957. The highest BCUT2D eigenvalue weighted by Gasteiger charge is 2.07. The molecule has 0 bridgehead atoms. The number of nitrogens with one attached hydrogen (secondary N) is 1. The topological polar surface area (TPSA) is 42.0 Å². The predicted octanol–water partition coefficient (Wildman–Crippen LogP) is 1.34. The van der Waals surface area contributed by atoms with E-state index in [2.05, 4.69) is 26.2 Å². The van der Waals surface area contributed by atoms with Crippen LogP contribution in [0.1, 0.15) is 10.5 Å². The van der Waals surface area contributed by atoms with Crippen molar-refractivity contribution in [3.63, 3.8) is 0 Å². The number of rotatable bonds is 1. The second-order valence-electron chi connectivity index (χ2n) is 2.05. The summed E-state index contributed by atoms with van der Waals surface area (Å²) in [6, 6.07) is 2.87. The van der Waals surface area contributed by atoms with Crippen molar-refractivity contribution in [2.75, 3.05) is 7.05 Å². The number of aromatic nitrogens is 1. The van der Waals surface area contributed by atoms with Gasteiger partial charge in [-0.25, -0.2) is 4.98 Å². The van der Waals surface area contributed by atoms with E-state index in [-0.39, 0.29) is 10.2 Å². The molecule has 64 valence electrons. The van der Waals surface area contributed by atoms with Gasteiger partial charge in [0.2, 0.25) is 5.95 Å². The van der Waals surface area contributed by atoms with E-state index in [0.29, 0.717) is 0 Å². The normalized spacial score (nSPS) is 9.58. The van der Waals surface area contributed by atoms with Crippen molar-refractivity contribution in [3.05, 3.63) is 28.2 Å². The summed E-state index contributed by atoms with van der Waals surface area (Å²) in [5.41, 5.74) is 0.0678. The van der Waals surface area contributed by atoms with E-state index < -0.39 is 11.9 Å². The molecule has 12 heavy (non-hydrogen) atoms. The Morgan fingerprint density at radius 1 is 1.67 bits per heavy atom. The van der Waals surface area contributed by atoms with Gasteiger partial charge in [0.25, 0.3) is 5.91 Å². The monoisotopic (exact) mass is 232 g/mol. The van der Waals surface area contributed by atoms with E-state index >= 15 is 0 Å². The second-order valence-corrected chi connectivity index (χ2v) is 2.90. The summed E-state index contributed by atoms with van der Waals surface area (Å²) < 4.78 is 13.0. The van der Waals surface area contributed by atoms with Gasteiger partial charge in [0.1, 0.15) is 5.69 Å². The van der Waals surface area contributed by atoms with Gasteiger partial charge in [-0.05, 0) is 28.1 Å². The van der Waals surface area contributed by atoms with Crippen LogP contribution in [0.15, 0.2) is 16.6 Å². The fourth-order valence-electron chi connectivity index (χ4n) is 0.672. The average Bonchev–Trinajstić information content (AvgIpc) is 2.08. The number of nitrogens with zero attached hydrogens (tertiary/aromatic N) is 1.